The van der Waals surface area contributed by atoms with Crippen molar-refractivity contribution in [2.45, 2.75) is 19.5 Å². The number of hydrogen-bond donors (Lipinski definition) is 0. The zero-order valence-corrected chi connectivity index (χ0v) is 8.40. The van der Waals surface area contributed by atoms with Crippen molar-refractivity contribution >= 4 is 0 Å². The van der Waals surface area contributed by atoms with Crippen LogP contribution in [0.3, 0.4) is 0 Å². The second-order valence-electron chi connectivity index (χ2n) is 3.04. The summed E-state index contributed by atoms with van der Waals surface area (Å²) in [6.07, 6.45) is -7.87. The summed E-state index contributed by atoms with van der Waals surface area (Å²) >= 11 is 0. The molecule has 0 saturated carbocycles. The molecule has 0 N–H and O–H groups in total. The molecule has 1 aromatic rings. The van der Waals surface area contributed by atoms with Gasteiger partial charge in [0.1, 0.15) is 5.69 Å². The van der Waals surface area contributed by atoms with Gasteiger partial charge in [0.15, 0.2) is 11.4 Å². The third-order valence-electron chi connectivity index (χ3n) is 1.87. The average Bonchev–Trinajstić information content (AvgIpc) is 2.14. The van der Waals surface area contributed by atoms with Crippen LogP contribution in [0.5, 0.6) is 5.75 Å². The van der Waals surface area contributed by atoms with E-state index < -0.39 is 29.7 Å². The Morgan fingerprint density at radius 3 is 2.25 bits per heavy atom. The third kappa shape index (κ3) is 2.40. The zero-order chi connectivity index (χ0) is 12.5. The van der Waals surface area contributed by atoms with Crippen molar-refractivity contribution in [2.24, 2.45) is 0 Å². The van der Waals surface area contributed by atoms with Crippen LogP contribution in [0.25, 0.3) is 0 Å². The van der Waals surface area contributed by atoms with Gasteiger partial charge in [-0.05, 0) is 18.6 Å². The van der Waals surface area contributed by atoms with Crippen molar-refractivity contribution < 1.29 is 26.7 Å². The highest BCUT2D eigenvalue weighted by Crippen LogP contribution is 2.37. The fourth-order valence-corrected chi connectivity index (χ4v) is 1.25. The van der Waals surface area contributed by atoms with Crippen molar-refractivity contribution in [3.05, 3.63) is 23.0 Å². The molecule has 2 nitrogen and oxygen atoms in total. The maximum Gasteiger partial charge on any atom is 0.437 e. The molecule has 0 radical (unpaired) electrons. The zero-order valence-electron chi connectivity index (χ0n) is 8.40. The fraction of sp³-hybridized carbons (Fsp3) is 0.444. The smallest absolute Gasteiger partial charge is 0.437 e. The highest BCUT2D eigenvalue weighted by molar-refractivity contribution is 5.39. The molecule has 0 atom stereocenters. The molecule has 90 valence electrons. The Bertz CT molecular complexity index is 388. The van der Waals surface area contributed by atoms with E-state index in [0.717, 1.165) is 13.2 Å². The molecule has 0 aromatic carbocycles. The Hall–Kier alpha value is -1.40. The molecule has 16 heavy (non-hydrogen) atoms. The molecule has 7 heteroatoms. The number of ether oxygens (including phenoxy) is 1. The van der Waals surface area contributed by atoms with Gasteiger partial charge in [0.25, 0.3) is 6.43 Å². The minimum atomic E-state index is -4.82. The third-order valence-corrected chi connectivity index (χ3v) is 1.87. The van der Waals surface area contributed by atoms with Crippen LogP contribution in [0.2, 0.25) is 0 Å². The van der Waals surface area contributed by atoms with Gasteiger partial charge < -0.3 is 4.74 Å². The van der Waals surface area contributed by atoms with Crippen LogP contribution in [0, 0.1) is 6.92 Å². The van der Waals surface area contributed by atoms with E-state index in [-0.39, 0.29) is 5.56 Å². The predicted molar refractivity (Wildman–Crippen MR) is 45.5 cm³/mol. The molecular weight excluding hydrogens is 233 g/mol. The first-order valence-electron chi connectivity index (χ1n) is 4.18. The summed E-state index contributed by atoms with van der Waals surface area (Å²) in [5.41, 5.74) is -2.36. The van der Waals surface area contributed by atoms with Gasteiger partial charge in [-0.25, -0.2) is 13.8 Å². The van der Waals surface area contributed by atoms with E-state index in [0.29, 0.717) is 0 Å². The lowest BCUT2D eigenvalue weighted by Gasteiger charge is -2.14. The molecule has 1 rings (SSSR count). The molecule has 0 fully saturated rings. The number of pyridine rings is 1. The molecule has 1 heterocycles. The van der Waals surface area contributed by atoms with Gasteiger partial charge in [0.05, 0.1) is 7.11 Å². The van der Waals surface area contributed by atoms with E-state index in [2.05, 4.69) is 9.72 Å². The van der Waals surface area contributed by atoms with E-state index in [1.165, 1.54) is 6.92 Å². The first kappa shape index (κ1) is 12.7. The molecule has 0 spiro atoms. The normalized spacial score (nSPS) is 12.0. The molecule has 0 aliphatic heterocycles. The van der Waals surface area contributed by atoms with Gasteiger partial charge >= 0.3 is 6.18 Å². The first-order valence-corrected chi connectivity index (χ1v) is 4.18. The van der Waals surface area contributed by atoms with Crippen LogP contribution in [-0.4, -0.2) is 12.1 Å². The van der Waals surface area contributed by atoms with E-state index in [1.807, 2.05) is 0 Å². The van der Waals surface area contributed by atoms with Crippen LogP contribution in [0.15, 0.2) is 6.07 Å². The Balaban J connectivity index is 3.43. The lowest BCUT2D eigenvalue weighted by atomic mass is 10.1. The Morgan fingerprint density at radius 2 is 1.88 bits per heavy atom. The SMILES string of the molecule is COc1c(C)cc(C(F)F)nc1C(F)(F)F. The minimum Gasteiger partial charge on any atom is -0.494 e. The highest BCUT2D eigenvalue weighted by atomic mass is 19.4. The number of aromatic nitrogens is 1. The average molecular weight is 241 g/mol. The van der Waals surface area contributed by atoms with Crippen LogP contribution < -0.4 is 4.74 Å². The summed E-state index contributed by atoms with van der Waals surface area (Å²) < 4.78 is 66.5. The summed E-state index contributed by atoms with van der Waals surface area (Å²) in [5, 5.41) is 0. The topological polar surface area (TPSA) is 22.1 Å². The van der Waals surface area contributed by atoms with Gasteiger partial charge in [-0.15, -0.1) is 0 Å². The number of nitrogens with zero attached hydrogens (tertiary/aromatic N) is 1. The highest BCUT2D eigenvalue weighted by Gasteiger charge is 2.38. The number of methoxy groups -OCH3 is 1. The van der Waals surface area contributed by atoms with Crippen molar-refractivity contribution in [3.63, 3.8) is 0 Å². The number of halogens is 5. The van der Waals surface area contributed by atoms with E-state index in [1.54, 1.807) is 0 Å². The summed E-state index contributed by atoms with van der Waals surface area (Å²) in [5.74, 6) is -0.531. The molecule has 0 unspecified atom stereocenters. The molecule has 0 aliphatic rings. The van der Waals surface area contributed by atoms with E-state index >= 15 is 0 Å². The van der Waals surface area contributed by atoms with Gasteiger partial charge in [-0.1, -0.05) is 0 Å². The molecule has 1 aromatic heterocycles. The Labute approximate surface area is 88.1 Å². The summed E-state index contributed by atoms with van der Waals surface area (Å²) in [4.78, 5) is 2.88. The molecular formula is C9H8F5NO. The Morgan fingerprint density at radius 1 is 1.31 bits per heavy atom. The largest absolute Gasteiger partial charge is 0.494 e. The van der Waals surface area contributed by atoms with Gasteiger partial charge in [-0.2, -0.15) is 13.2 Å². The van der Waals surface area contributed by atoms with E-state index in [9.17, 15) is 22.0 Å². The van der Waals surface area contributed by atoms with Crippen molar-refractivity contribution in [2.75, 3.05) is 7.11 Å². The van der Waals surface area contributed by atoms with Crippen LogP contribution >= 0.6 is 0 Å². The van der Waals surface area contributed by atoms with Gasteiger partial charge in [0.2, 0.25) is 0 Å². The lowest BCUT2D eigenvalue weighted by molar-refractivity contribution is -0.142. The van der Waals surface area contributed by atoms with Crippen molar-refractivity contribution in [1.82, 2.24) is 4.98 Å². The Kier molecular flexibility index (Phi) is 3.35. The first-order chi connectivity index (χ1) is 7.27. The maximum absolute atomic E-state index is 12.5. The van der Waals surface area contributed by atoms with E-state index in [4.69, 9.17) is 0 Å². The lowest BCUT2D eigenvalue weighted by Crippen LogP contribution is -2.13. The maximum atomic E-state index is 12.5. The van der Waals surface area contributed by atoms with Crippen LogP contribution in [0.1, 0.15) is 23.4 Å². The van der Waals surface area contributed by atoms with Crippen LogP contribution in [0.4, 0.5) is 22.0 Å². The minimum absolute atomic E-state index is 0.0277. The van der Waals surface area contributed by atoms with Gasteiger partial charge in [0, 0.05) is 0 Å². The van der Waals surface area contributed by atoms with Crippen molar-refractivity contribution in [1.29, 1.82) is 0 Å². The second kappa shape index (κ2) is 4.23. The van der Waals surface area contributed by atoms with Crippen LogP contribution in [-0.2, 0) is 6.18 Å². The summed E-state index contributed by atoms with van der Waals surface area (Å²) in [6, 6.07) is 0.874. The van der Waals surface area contributed by atoms with Gasteiger partial charge in [-0.3, -0.25) is 0 Å². The quantitative estimate of drug-likeness (QED) is 0.740. The molecule has 0 amide bonds. The fourth-order valence-electron chi connectivity index (χ4n) is 1.25. The predicted octanol–water partition coefficient (Wildman–Crippen LogP) is 3.36. The number of aryl methyl sites for hydroxylation is 1. The molecule has 0 bridgehead atoms. The summed E-state index contributed by atoms with van der Waals surface area (Å²) in [6.45, 7) is 1.25. The monoisotopic (exact) mass is 241 g/mol. The molecule has 0 saturated heterocycles. The molecule has 0 aliphatic carbocycles. The number of alkyl halides is 5. The number of rotatable bonds is 2. The van der Waals surface area contributed by atoms with Crippen molar-refractivity contribution in [3.8, 4) is 5.75 Å². The summed E-state index contributed by atoms with van der Waals surface area (Å²) in [7, 11) is 1.03. The number of hydrogen-bond acceptors (Lipinski definition) is 2. The second-order valence-corrected chi connectivity index (χ2v) is 3.04. The standard InChI is InChI=1S/C9H8F5NO/c1-4-3-5(8(10)11)15-7(6(4)16-2)9(12,13)14/h3,8H,1-2H3.